The number of carbonyl (C=O) groups excluding carboxylic acids is 2. The number of hydrogen-bond donors (Lipinski definition) is 2. The third kappa shape index (κ3) is 2.51. The summed E-state index contributed by atoms with van der Waals surface area (Å²) >= 11 is 0. The van der Waals surface area contributed by atoms with Gasteiger partial charge in [0.2, 0.25) is 5.91 Å². The lowest BCUT2D eigenvalue weighted by Crippen LogP contribution is -2.44. The molecule has 1 heterocycles. The number of nitrogens with one attached hydrogen (secondary N) is 2. The molecule has 1 aliphatic heterocycles. The predicted molar refractivity (Wildman–Crippen MR) is 71.4 cm³/mol. The molecule has 5 heteroatoms. The zero-order valence-electron chi connectivity index (χ0n) is 11.3. The molecule has 2 bridgehead atoms. The Hall–Kier alpha value is -1.39. The summed E-state index contributed by atoms with van der Waals surface area (Å²) in [6.45, 7) is 2.10. The van der Waals surface area contributed by atoms with Crippen molar-refractivity contribution in [3.63, 3.8) is 0 Å². The van der Waals surface area contributed by atoms with Gasteiger partial charge in [0.15, 0.2) is 0 Å². The molecule has 0 spiro atoms. The normalized spacial score (nSPS) is 34.7. The minimum atomic E-state index is -0.115. The van der Waals surface area contributed by atoms with Crippen LogP contribution in [-0.2, 0) is 9.59 Å². The minimum absolute atomic E-state index is 0.113. The second-order valence-electron chi connectivity index (χ2n) is 6.19. The van der Waals surface area contributed by atoms with E-state index in [2.05, 4.69) is 22.8 Å². The van der Waals surface area contributed by atoms with E-state index in [4.69, 9.17) is 0 Å². The van der Waals surface area contributed by atoms with E-state index < -0.39 is 0 Å². The minimum Gasteiger partial charge on any atom is -0.348 e. The highest BCUT2D eigenvalue weighted by molar-refractivity contribution is 6.39. The first-order valence-electron chi connectivity index (χ1n) is 7.29. The summed E-state index contributed by atoms with van der Waals surface area (Å²) in [6.07, 6.45) is 6.11. The van der Waals surface area contributed by atoms with Gasteiger partial charge >= 0.3 is 0 Å². The molecule has 0 aromatic heterocycles. The summed E-state index contributed by atoms with van der Waals surface area (Å²) < 4.78 is 0. The lowest BCUT2D eigenvalue weighted by molar-refractivity contribution is -0.121. The van der Waals surface area contributed by atoms with Gasteiger partial charge in [0, 0.05) is 18.9 Å². The van der Waals surface area contributed by atoms with Gasteiger partial charge in [-0.1, -0.05) is 6.42 Å². The topological polar surface area (TPSA) is 70.6 Å². The number of carbonyl (C=O) groups is 2. The largest absolute Gasteiger partial charge is 0.348 e. The summed E-state index contributed by atoms with van der Waals surface area (Å²) in [5, 5.41) is 6.91. The fraction of sp³-hybridized carbons (Fsp3) is 0.786. The first-order valence-corrected chi connectivity index (χ1v) is 7.29. The van der Waals surface area contributed by atoms with Crippen LogP contribution in [0.1, 0.15) is 45.4 Å². The molecule has 19 heavy (non-hydrogen) atoms. The van der Waals surface area contributed by atoms with Crippen LogP contribution in [0.25, 0.3) is 0 Å². The number of nitrogens with zero attached hydrogens (tertiary/aromatic N) is 1. The molecule has 2 amide bonds. The van der Waals surface area contributed by atoms with E-state index in [1.165, 1.54) is 25.7 Å². The highest BCUT2D eigenvalue weighted by atomic mass is 16.2. The Morgan fingerprint density at radius 2 is 2.21 bits per heavy atom. The molecule has 0 aromatic rings. The number of rotatable bonds is 3. The summed E-state index contributed by atoms with van der Waals surface area (Å²) in [6, 6.07) is 0.211. The van der Waals surface area contributed by atoms with Crippen molar-refractivity contribution in [3.05, 3.63) is 0 Å². The van der Waals surface area contributed by atoms with Crippen LogP contribution in [0, 0.1) is 17.8 Å². The monoisotopic (exact) mass is 263 g/mol. The van der Waals surface area contributed by atoms with Gasteiger partial charge < -0.3 is 5.32 Å². The van der Waals surface area contributed by atoms with E-state index in [1.54, 1.807) is 0 Å². The number of hydrazone groups is 1. The van der Waals surface area contributed by atoms with Crippen LogP contribution < -0.4 is 10.7 Å². The smallest absolute Gasteiger partial charge is 0.267 e. The fourth-order valence-corrected chi connectivity index (χ4v) is 3.94. The Balaban J connectivity index is 1.56. The zero-order valence-corrected chi connectivity index (χ0v) is 11.3. The molecule has 5 nitrogen and oxygen atoms in total. The van der Waals surface area contributed by atoms with Crippen molar-refractivity contribution in [3.8, 4) is 0 Å². The van der Waals surface area contributed by atoms with Gasteiger partial charge in [-0.15, -0.1) is 0 Å². The zero-order chi connectivity index (χ0) is 13.4. The van der Waals surface area contributed by atoms with E-state index >= 15 is 0 Å². The molecule has 2 fully saturated rings. The molecule has 2 aliphatic carbocycles. The van der Waals surface area contributed by atoms with Crippen molar-refractivity contribution < 1.29 is 9.59 Å². The van der Waals surface area contributed by atoms with Gasteiger partial charge in [-0.2, -0.15) is 5.10 Å². The van der Waals surface area contributed by atoms with E-state index in [0.717, 1.165) is 11.8 Å². The van der Waals surface area contributed by atoms with Crippen molar-refractivity contribution in [2.24, 2.45) is 22.9 Å². The second kappa shape index (κ2) is 4.94. The van der Waals surface area contributed by atoms with E-state index in [9.17, 15) is 9.59 Å². The molecule has 0 saturated heterocycles. The lowest BCUT2D eigenvalue weighted by atomic mass is 9.84. The number of fused-ring (bicyclic) bond motifs is 2. The maximum atomic E-state index is 12.1. The summed E-state index contributed by atoms with van der Waals surface area (Å²) in [7, 11) is 0. The quantitative estimate of drug-likeness (QED) is 0.803. The van der Waals surface area contributed by atoms with Gasteiger partial charge in [-0.3, -0.25) is 9.59 Å². The number of amides is 2. The molecule has 104 valence electrons. The average molecular weight is 263 g/mol. The van der Waals surface area contributed by atoms with Gasteiger partial charge in [-0.25, -0.2) is 5.43 Å². The van der Waals surface area contributed by atoms with Crippen molar-refractivity contribution in [2.45, 2.75) is 51.5 Å². The highest BCUT2D eigenvalue weighted by Crippen LogP contribution is 2.49. The molecule has 3 aliphatic rings. The van der Waals surface area contributed by atoms with Crippen molar-refractivity contribution in [1.82, 2.24) is 10.7 Å². The van der Waals surface area contributed by atoms with Crippen LogP contribution in [-0.4, -0.2) is 23.6 Å². The van der Waals surface area contributed by atoms with Crippen LogP contribution >= 0.6 is 0 Å². The van der Waals surface area contributed by atoms with Crippen molar-refractivity contribution >= 4 is 17.5 Å². The van der Waals surface area contributed by atoms with Gasteiger partial charge in [-0.05, 0) is 43.9 Å². The molecule has 0 aromatic carbocycles. The third-order valence-corrected chi connectivity index (χ3v) is 4.96. The summed E-state index contributed by atoms with van der Waals surface area (Å²) in [4.78, 5) is 23.1. The van der Waals surface area contributed by atoms with Crippen molar-refractivity contribution in [1.29, 1.82) is 0 Å². The molecule has 4 atom stereocenters. The standard InChI is InChI=1S/C14H21N3O2/c1-8(11-7-9-2-3-10(11)6-9)15-14(19)12-4-5-13(18)17-16-12/h8-11H,2-7H2,1H3,(H,15,19)(H,17,18). The second-order valence-corrected chi connectivity index (χ2v) is 6.19. The first-order chi connectivity index (χ1) is 9.13. The Kier molecular flexibility index (Phi) is 3.29. The molecule has 4 unspecified atom stereocenters. The molecular formula is C14H21N3O2. The van der Waals surface area contributed by atoms with Crippen LogP contribution in [0.5, 0.6) is 0 Å². The summed E-state index contributed by atoms with van der Waals surface area (Å²) in [5.41, 5.74) is 2.82. The van der Waals surface area contributed by atoms with Crippen LogP contribution in [0.15, 0.2) is 5.10 Å². The van der Waals surface area contributed by atoms with Gasteiger partial charge in [0.25, 0.3) is 5.91 Å². The Morgan fingerprint density at radius 1 is 1.37 bits per heavy atom. The van der Waals surface area contributed by atoms with Crippen LogP contribution in [0.4, 0.5) is 0 Å². The van der Waals surface area contributed by atoms with Crippen LogP contribution in [0.3, 0.4) is 0 Å². The fourth-order valence-electron chi connectivity index (χ4n) is 3.94. The molecule has 3 rings (SSSR count). The molecule has 0 radical (unpaired) electrons. The predicted octanol–water partition coefficient (Wildman–Crippen LogP) is 1.19. The molecule has 2 N–H and O–H groups in total. The SMILES string of the molecule is CC(NC(=O)C1=NNC(=O)CC1)C1CC2CCC1C2. The maximum Gasteiger partial charge on any atom is 0.267 e. The van der Waals surface area contributed by atoms with Gasteiger partial charge in [0.05, 0.1) is 0 Å². The number of hydrogen-bond acceptors (Lipinski definition) is 3. The molecule has 2 saturated carbocycles. The lowest BCUT2D eigenvalue weighted by Gasteiger charge is -2.28. The van der Waals surface area contributed by atoms with E-state index in [-0.39, 0.29) is 17.9 Å². The van der Waals surface area contributed by atoms with Crippen LogP contribution in [0.2, 0.25) is 0 Å². The first kappa shape index (κ1) is 12.6. The Morgan fingerprint density at radius 3 is 2.79 bits per heavy atom. The highest BCUT2D eigenvalue weighted by Gasteiger charge is 2.42. The summed E-state index contributed by atoms with van der Waals surface area (Å²) in [5.74, 6) is 2.09. The van der Waals surface area contributed by atoms with Crippen molar-refractivity contribution in [2.75, 3.05) is 0 Å². The Labute approximate surface area is 113 Å². The van der Waals surface area contributed by atoms with E-state index in [1.807, 2.05) is 0 Å². The molecular weight excluding hydrogens is 242 g/mol. The van der Waals surface area contributed by atoms with E-state index in [0.29, 0.717) is 24.5 Å². The average Bonchev–Trinajstić information content (AvgIpc) is 3.01. The maximum absolute atomic E-state index is 12.1. The Bertz CT molecular complexity index is 432. The van der Waals surface area contributed by atoms with Gasteiger partial charge in [0.1, 0.15) is 5.71 Å². The third-order valence-electron chi connectivity index (χ3n) is 4.96.